The van der Waals surface area contributed by atoms with Gasteiger partial charge in [0.1, 0.15) is 11.6 Å². The largest absolute Gasteiger partial charge is 0.369 e. The Kier molecular flexibility index (Phi) is 5.89. The van der Waals surface area contributed by atoms with Crippen LogP contribution in [-0.4, -0.2) is 40.6 Å². The Balaban J connectivity index is 1.68. The van der Waals surface area contributed by atoms with Crippen LogP contribution in [0.5, 0.6) is 0 Å². The summed E-state index contributed by atoms with van der Waals surface area (Å²) in [4.78, 5) is 9.43. The summed E-state index contributed by atoms with van der Waals surface area (Å²) >= 11 is 0. The Hall–Kier alpha value is -2.40. The summed E-state index contributed by atoms with van der Waals surface area (Å²) in [6.07, 6.45) is 6.12. The van der Waals surface area contributed by atoms with Gasteiger partial charge in [0.15, 0.2) is 0 Å². The van der Waals surface area contributed by atoms with E-state index in [9.17, 15) is 4.39 Å². The Bertz CT molecular complexity index is 859. The van der Waals surface area contributed by atoms with Crippen molar-refractivity contribution in [2.24, 2.45) is 0 Å². The van der Waals surface area contributed by atoms with Gasteiger partial charge in [-0.3, -0.25) is 4.90 Å². The molecule has 1 aliphatic rings. The monoisotopic (exact) mass is 354 g/mol. The third kappa shape index (κ3) is 4.05. The Morgan fingerprint density at radius 3 is 2.46 bits per heavy atom. The molecule has 1 saturated heterocycles. The fourth-order valence-electron chi connectivity index (χ4n) is 3.43. The first-order valence-electron chi connectivity index (χ1n) is 9.22. The van der Waals surface area contributed by atoms with Gasteiger partial charge < -0.3 is 9.47 Å². The second-order valence-corrected chi connectivity index (χ2v) is 6.54. The quantitative estimate of drug-likeness (QED) is 0.822. The number of piperazine rings is 1. The third-order valence-electron chi connectivity index (χ3n) is 4.85. The van der Waals surface area contributed by atoms with Crippen molar-refractivity contribution in [1.82, 2.24) is 14.5 Å². The van der Waals surface area contributed by atoms with E-state index in [0.29, 0.717) is 0 Å². The van der Waals surface area contributed by atoms with Crippen molar-refractivity contribution in [1.29, 1.82) is 0 Å². The second-order valence-electron chi connectivity index (χ2n) is 6.54. The highest BCUT2D eigenvalue weighted by atomic mass is 19.1. The number of allylic oxidation sites excluding steroid dienone is 2. The normalized spacial score (nSPS) is 16.7. The van der Waals surface area contributed by atoms with Gasteiger partial charge >= 0.3 is 0 Å². The number of anilines is 1. The number of hydrogen-bond donors (Lipinski definition) is 0. The molecule has 2 aromatic rings. The standard InChI is InChI=1S/C21H27FN4/c1-4-6-7-20-17(3)23-21(26(20)5-2)16-24-12-14-25(15-13-24)19-10-8-18(22)9-11-19/h4,6-11H,3,5,12-16H2,1-2H3/b6-4-,20-7+. The minimum Gasteiger partial charge on any atom is -0.369 e. The van der Waals surface area contributed by atoms with E-state index in [-0.39, 0.29) is 5.82 Å². The molecule has 26 heavy (non-hydrogen) atoms. The van der Waals surface area contributed by atoms with Crippen molar-refractivity contribution in [3.63, 3.8) is 0 Å². The van der Waals surface area contributed by atoms with Crippen LogP contribution in [0, 0.1) is 5.82 Å². The molecule has 0 unspecified atom stereocenters. The van der Waals surface area contributed by atoms with Crippen LogP contribution in [0.15, 0.2) is 36.4 Å². The van der Waals surface area contributed by atoms with Gasteiger partial charge in [-0.25, -0.2) is 9.37 Å². The van der Waals surface area contributed by atoms with Gasteiger partial charge in [0.25, 0.3) is 0 Å². The van der Waals surface area contributed by atoms with Crippen molar-refractivity contribution in [3.8, 4) is 0 Å². The lowest BCUT2D eigenvalue weighted by molar-refractivity contribution is 0.240. The highest BCUT2D eigenvalue weighted by Gasteiger charge is 2.19. The lowest BCUT2D eigenvalue weighted by Crippen LogP contribution is -2.46. The molecule has 138 valence electrons. The molecule has 0 N–H and O–H groups in total. The molecule has 0 bridgehead atoms. The number of nitrogens with zero attached hydrogens (tertiary/aromatic N) is 4. The molecule has 0 amide bonds. The van der Waals surface area contributed by atoms with E-state index >= 15 is 0 Å². The number of aromatic nitrogens is 2. The number of benzene rings is 1. The van der Waals surface area contributed by atoms with Crippen LogP contribution in [0.3, 0.4) is 0 Å². The zero-order valence-corrected chi connectivity index (χ0v) is 15.7. The van der Waals surface area contributed by atoms with Gasteiger partial charge in [-0.1, -0.05) is 18.7 Å². The molecule has 4 nitrogen and oxygen atoms in total. The highest BCUT2D eigenvalue weighted by Crippen LogP contribution is 2.17. The van der Waals surface area contributed by atoms with Crippen LogP contribution in [0.2, 0.25) is 0 Å². The maximum atomic E-state index is 13.1. The first-order valence-corrected chi connectivity index (χ1v) is 9.22. The average molecular weight is 354 g/mol. The van der Waals surface area contributed by atoms with E-state index < -0.39 is 0 Å². The molecule has 0 saturated carbocycles. The van der Waals surface area contributed by atoms with Gasteiger partial charge in [-0.15, -0.1) is 0 Å². The number of hydrogen-bond acceptors (Lipinski definition) is 3. The molecule has 1 fully saturated rings. The fraction of sp³-hybridized carbons (Fsp3) is 0.381. The van der Waals surface area contributed by atoms with Crippen molar-refractivity contribution < 1.29 is 4.39 Å². The summed E-state index contributed by atoms with van der Waals surface area (Å²) in [6, 6.07) is 6.76. The maximum absolute atomic E-state index is 13.1. The van der Waals surface area contributed by atoms with Gasteiger partial charge in [0.05, 0.1) is 17.2 Å². The molecule has 0 atom stereocenters. The van der Waals surface area contributed by atoms with Crippen LogP contribution >= 0.6 is 0 Å². The van der Waals surface area contributed by atoms with E-state index in [1.807, 2.05) is 31.2 Å². The first-order chi connectivity index (χ1) is 12.6. The molecule has 2 heterocycles. The summed E-state index contributed by atoms with van der Waals surface area (Å²) in [7, 11) is 0. The molecule has 1 aromatic carbocycles. The van der Waals surface area contributed by atoms with Gasteiger partial charge in [-0.2, -0.15) is 0 Å². The van der Waals surface area contributed by atoms with Crippen LogP contribution in [0.4, 0.5) is 10.1 Å². The topological polar surface area (TPSA) is 24.3 Å². The van der Waals surface area contributed by atoms with Crippen molar-refractivity contribution in [2.75, 3.05) is 31.1 Å². The van der Waals surface area contributed by atoms with Crippen molar-refractivity contribution >= 4 is 18.3 Å². The zero-order valence-electron chi connectivity index (χ0n) is 15.7. The molecule has 0 aliphatic carbocycles. The van der Waals surface area contributed by atoms with Crippen molar-refractivity contribution in [3.05, 3.63) is 58.8 Å². The first kappa shape index (κ1) is 18.4. The van der Waals surface area contributed by atoms with Crippen LogP contribution in [-0.2, 0) is 13.1 Å². The molecule has 5 heteroatoms. The summed E-state index contributed by atoms with van der Waals surface area (Å²) in [6.45, 7) is 13.8. The Morgan fingerprint density at radius 1 is 1.15 bits per heavy atom. The van der Waals surface area contributed by atoms with E-state index in [0.717, 1.165) is 61.5 Å². The Labute approximate surface area is 154 Å². The predicted molar refractivity (Wildman–Crippen MR) is 106 cm³/mol. The number of imidazole rings is 1. The van der Waals surface area contributed by atoms with Crippen LogP contribution < -0.4 is 15.6 Å². The Morgan fingerprint density at radius 2 is 1.85 bits per heavy atom. The molecule has 1 aromatic heterocycles. The van der Waals surface area contributed by atoms with E-state index in [1.54, 1.807) is 0 Å². The van der Waals surface area contributed by atoms with Gasteiger partial charge in [0.2, 0.25) is 0 Å². The van der Waals surface area contributed by atoms with Crippen LogP contribution in [0.1, 0.15) is 19.7 Å². The number of rotatable bonds is 5. The summed E-state index contributed by atoms with van der Waals surface area (Å²) in [5.41, 5.74) is 1.09. The van der Waals surface area contributed by atoms with E-state index in [4.69, 9.17) is 4.98 Å². The second kappa shape index (κ2) is 8.32. The molecule has 3 rings (SSSR count). The van der Waals surface area contributed by atoms with E-state index in [1.165, 1.54) is 12.1 Å². The SMILES string of the molecule is C=c1nc(CN2CCN(c3ccc(F)cc3)CC2)n(CC)/c1=C/C=C\C. The smallest absolute Gasteiger partial charge is 0.124 e. The summed E-state index contributed by atoms with van der Waals surface area (Å²) in [5, 5.41) is 1.93. The minimum atomic E-state index is -0.187. The van der Waals surface area contributed by atoms with Crippen molar-refractivity contribution in [2.45, 2.75) is 26.9 Å². The maximum Gasteiger partial charge on any atom is 0.124 e. The molecule has 0 radical (unpaired) electrons. The summed E-state index contributed by atoms with van der Waals surface area (Å²) < 4.78 is 15.3. The molecular formula is C21H27FN4. The minimum absolute atomic E-state index is 0.187. The lowest BCUT2D eigenvalue weighted by Gasteiger charge is -2.36. The van der Waals surface area contributed by atoms with Gasteiger partial charge in [0, 0.05) is 38.4 Å². The third-order valence-corrected chi connectivity index (χ3v) is 4.85. The van der Waals surface area contributed by atoms with Gasteiger partial charge in [-0.05, 0) is 44.2 Å². The highest BCUT2D eigenvalue weighted by molar-refractivity contribution is 5.46. The molecular weight excluding hydrogens is 327 g/mol. The molecule has 0 spiro atoms. The average Bonchev–Trinajstić information content (AvgIpc) is 2.95. The number of halogens is 1. The fourth-order valence-corrected chi connectivity index (χ4v) is 3.43. The molecule has 1 aliphatic heterocycles. The predicted octanol–water partition coefficient (Wildman–Crippen LogP) is 2.13. The van der Waals surface area contributed by atoms with E-state index in [2.05, 4.69) is 33.9 Å². The zero-order chi connectivity index (χ0) is 18.5. The summed E-state index contributed by atoms with van der Waals surface area (Å²) in [5.74, 6) is 0.886. The van der Waals surface area contributed by atoms with Crippen LogP contribution in [0.25, 0.3) is 12.7 Å². The lowest BCUT2D eigenvalue weighted by atomic mass is 10.2.